The molecule has 0 amide bonds. The van der Waals surface area contributed by atoms with Gasteiger partial charge in [-0.1, -0.05) is 42.5 Å². The van der Waals surface area contributed by atoms with E-state index in [1.165, 1.54) is 0 Å². The molecule has 1 atom stereocenters. The van der Waals surface area contributed by atoms with E-state index in [-0.39, 0.29) is 0 Å². The Kier molecular flexibility index (Phi) is 4.14. The highest BCUT2D eigenvalue weighted by molar-refractivity contribution is 5.52. The maximum absolute atomic E-state index is 9.64. The van der Waals surface area contributed by atoms with Gasteiger partial charge in [-0.25, -0.2) is 0 Å². The van der Waals surface area contributed by atoms with E-state index in [0.717, 1.165) is 11.1 Å². The van der Waals surface area contributed by atoms with E-state index in [9.17, 15) is 5.11 Å². The van der Waals surface area contributed by atoms with Crippen LogP contribution < -0.4 is 0 Å². The summed E-state index contributed by atoms with van der Waals surface area (Å²) in [5.41, 5.74) is 2.09. The van der Waals surface area contributed by atoms with Crippen LogP contribution in [0.15, 0.2) is 48.6 Å². The van der Waals surface area contributed by atoms with Crippen molar-refractivity contribution in [3.8, 4) is 0 Å². The monoisotopic (exact) mass is 188 g/mol. The number of benzene rings is 1. The van der Waals surface area contributed by atoms with E-state index in [1.54, 1.807) is 6.08 Å². The Morgan fingerprint density at radius 1 is 1.43 bits per heavy atom. The fourth-order valence-electron chi connectivity index (χ4n) is 1.25. The lowest BCUT2D eigenvalue weighted by molar-refractivity contribution is 0.215. The third-order valence-corrected chi connectivity index (χ3v) is 2.11. The van der Waals surface area contributed by atoms with Gasteiger partial charge in [-0.05, 0) is 24.5 Å². The van der Waals surface area contributed by atoms with E-state index in [1.807, 2.05) is 43.3 Å². The van der Waals surface area contributed by atoms with E-state index in [2.05, 4.69) is 6.58 Å². The molecule has 1 unspecified atom stereocenters. The fourth-order valence-corrected chi connectivity index (χ4v) is 1.25. The molecule has 1 nitrogen and oxygen atoms in total. The molecule has 0 fully saturated rings. The zero-order chi connectivity index (χ0) is 10.4. The van der Waals surface area contributed by atoms with Gasteiger partial charge in [0.05, 0.1) is 6.10 Å². The summed E-state index contributed by atoms with van der Waals surface area (Å²) in [6.07, 6.45) is 3.92. The van der Waals surface area contributed by atoms with Crippen LogP contribution >= 0.6 is 0 Å². The van der Waals surface area contributed by atoms with Crippen molar-refractivity contribution in [3.63, 3.8) is 0 Å². The highest BCUT2D eigenvalue weighted by Gasteiger charge is 2.02. The first-order chi connectivity index (χ1) is 6.74. The van der Waals surface area contributed by atoms with Crippen molar-refractivity contribution in [3.05, 3.63) is 54.1 Å². The molecule has 0 aromatic heterocycles. The van der Waals surface area contributed by atoms with Crippen molar-refractivity contribution in [2.45, 2.75) is 19.4 Å². The second-order valence-corrected chi connectivity index (χ2v) is 3.34. The SMILES string of the molecule is C=CCC(O)/C(C)=C/c1ccccc1. The first kappa shape index (κ1) is 10.7. The number of aliphatic hydroxyl groups excluding tert-OH is 1. The van der Waals surface area contributed by atoms with E-state index in [4.69, 9.17) is 0 Å². The van der Waals surface area contributed by atoms with Crippen molar-refractivity contribution >= 4 is 6.08 Å². The van der Waals surface area contributed by atoms with Gasteiger partial charge in [0.15, 0.2) is 0 Å². The molecule has 0 aliphatic heterocycles. The van der Waals surface area contributed by atoms with Gasteiger partial charge in [0.1, 0.15) is 0 Å². The predicted octanol–water partition coefficient (Wildman–Crippen LogP) is 3.03. The fraction of sp³-hybridized carbons (Fsp3) is 0.231. The number of hydrogen-bond donors (Lipinski definition) is 1. The zero-order valence-electron chi connectivity index (χ0n) is 8.48. The third-order valence-electron chi connectivity index (χ3n) is 2.11. The number of aliphatic hydroxyl groups is 1. The summed E-state index contributed by atoms with van der Waals surface area (Å²) >= 11 is 0. The van der Waals surface area contributed by atoms with Crippen LogP contribution in [-0.4, -0.2) is 11.2 Å². The molecular weight excluding hydrogens is 172 g/mol. The molecule has 14 heavy (non-hydrogen) atoms. The first-order valence-corrected chi connectivity index (χ1v) is 4.76. The molecule has 0 saturated heterocycles. The Bertz CT molecular complexity index is 311. The molecule has 0 heterocycles. The molecule has 1 rings (SSSR count). The Balaban J connectivity index is 2.73. The molecule has 0 saturated carbocycles. The minimum absolute atomic E-state index is 0.410. The first-order valence-electron chi connectivity index (χ1n) is 4.76. The molecule has 0 radical (unpaired) electrons. The highest BCUT2D eigenvalue weighted by atomic mass is 16.3. The van der Waals surface area contributed by atoms with Gasteiger partial charge in [-0.3, -0.25) is 0 Å². The maximum atomic E-state index is 9.64. The third kappa shape index (κ3) is 3.19. The summed E-state index contributed by atoms with van der Waals surface area (Å²) in [4.78, 5) is 0. The lowest BCUT2D eigenvalue weighted by Crippen LogP contribution is -2.05. The molecule has 0 aliphatic carbocycles. The zero-order valence-corrected chi connectivity index (χ0v) is 8.48. The van der Waals surface area contributed by atoms with Crippen LogP contribution in [0.5, 0.6) is 0 Å². The summed E-state index contributed by atoms with van der Waals surface area (Å²) in [5.74, 6) is 0. The smallest absolute Gasteiger partial charge is 0.0784 e. The average Bonchev–Trinajstić information content (AvgIpc) is 2.19. The van der Waals surface area contributed by atoms with Crippen molar-refractivity contribution in [2.24, 2.45) is 0 Å². The second-order valence-electron chi connectivity index (χ2n) is 3.34. The average molecular weight is 188 g/mol. The van der Waals surface area contributed by atoms with Crippen LogP contribution in [0, 0.1) is 0 Å². The van der Waals surface area contributed by atoms with Gasteiger partial charge in [0, 0.05) is 0 Å². The van der Waals surface area contributed by atoms with Gasteiger partial charge >= 0.3 is 0 Å². The molecule has 0 bridgehead atoms. The van der Waals surface area contributed by atoms with Crippen molar-refractivity contribution < 1.29 is 5.11 Å². The van der Waals surface area contributed by atoms with Crippen LogP contribution in [0.25, 0.3) is 6.08 Å². The van der Waals surface area contributed by atoms with Gasteiger partial charge in [0.25, 0.3) is 0 Å². The van der Waals surface area contributed by atoms with Gasteiger partial charge in [-0.2, -0.15) is 0 Å². The van der Waals surface area contributed by atoms with Crippen LogP contribution in [-0.2, 0) is 0 Å². The van der Waals surface area contributed by atoms with Crippen LogP contribution in [0.4, 0.5) is 0 Å². The Hall–Kier alpha value is -1.34. The molecule has 1 aromatic carbocycles. The number of rotatable bonds is 4. The predicted molar refractivity (Wildman–Crippen MR) is 60.9 cm³/mol. The normalized spacial score (nSPS) is 13.7. The summed E-state index contributed by atoms with van der Waals surface area (Å²) in [5, 5.41) is 9.64. The van der Waals surface area contributed by atoms with Gasteiger partial charge < -0.3 is 5.11 Å². The second kappa shape index (κ2) is 5.40. The van der Waals surface area contributed by atoms with Crippen molar-refractivity contribution in [2.75, 3.05) is 0 Å². The van der Waals surface area contributed by atoms with Crippen LogP contribution in [0.3, 0.4) is 0 Å². The van der Waals surface area contributed by atoms with Gasteiger partial charge in [0.2, 0.25) is 0 Å². The highest BCUT2D eigenvalue weighted by Crippen LogP contribution is 2.11. The lowest BCUT2D eigenvalue weighted by Gasteiger charge is -2.08. The minimum atomic E-state index is -0.410. The Morgan fingerprint density at radius 3 is 2.64 bits per heavy atom. The number of hydrogen-bond acceptors (Lipinski definition) is 1. The molecule has 1 aromatic rings. The van der Waals surface area contributed by atoms with E-state index >= 15 is 0 Å². The van der Waals surface area contributed by atoms with Crippen LogP contribution in [0.1, 0.15) is 18.9 Å². The van der Waals surface area contributed by atoms with Crippen LogP contribution in [0.2, 0.25) is 0 Å². The van der Waals surface area contributed by atoms with Crippen molar-refractivity contribution in [1.29, 1.82) is 0 Å². The van der Waals surface area contributed by atoms with E-state index < -0.39 is 6.10 Å². The molecule has 0 spiro atoms. The maximum Gasteiger partial charge on any atom is 0.0784 e. The molecular formula is C13H16O. The minimum Gasteiger partial charge on any atom is -0.388 e. The van der Waals surface area contributed by atoms with E-state index in [0.29, 0.717) is 6.42 Å². The summed E-state index contributed by atoms with van der Waals surface area (Å²) in [6.45, 7) is 5.53. The molecule has 74 valence electrons. The summed E-state index contributed by atoms with van der Waals surface area (Å²) in [6, 6.07) is 9.99. The standard InChI is InChI=1S/C13H16O/c1-3-7-13(14)11(2)10-12-8-5-4-6-9-12/h3-6,8-10,13-14H,1,7H2,2H3/b11-10+. The lowest BCUT2D eigenvalue weighted by atomic mass is 10.1. The molecule has 0 aliphatic rings. The Morgan fingerprint density at radius 2 is 2.07 bits per heavy atom. The Labute approximate surface area is 85.4 Å². The molecule has 1 heteroatoms. The molecule has 1 N–H and O–H groups in total. The van der Waals surface area contributed by atoms with Gasteiger partial charge in [-0.15, -0.1) is 6.58 Å². The topological polar surface area (TPSA) is 20.2 Å². The summed E-state index contributed by atoms with van der Waals surface area (Å²) in [7, 11) is 0. The largest absolute Gasteiger partial charge is 0.388 e. The summed E-state index contributed by atoms with van der Waals surface area (Å²) < 4.78 is 0. The van der Waals surface area contributed by atoms with Crippen molar-refractivity contribution in [1.82, 2.24) is 0 Å². The quantitative estimate of drug-likeness (QED) is 0.720.